The van der Waals surface area contributed by atoms with Crippen LogP contribution in [0.25, 0.3) is 0 Å². The highest BCUT2D eigenvalue weighted by molar-refractivity contribution is 6.53. The van der Waals surface area contributed by atoms with Gasteiger partial charge in [-0.3, -0.25) is 14.5 Å². The molecule has 6 nitrogen and oxygen atoms in total. The molecule has 1 aromatic rings. The Balaban J connectivity index is 1.51. The van der Waals surface area contributed by atoms with Crippen molar-refractivity contribution in [3.63, 3.8) is 0 Å². The van der Waals surface area contributed by atoms with Gasteiger partial charge in [-0.1, -0.05) is 50.8 Å². The van der Waals surface area contributed by atoms with E-state index in [9.17, 15) is 19.7 Å². The lowest BCUT2D eigenvalue weighted by Gasteiger charge is -2.43. The highest BCUT2D eigenvalue weighted by Crippen LogP contribution is 2.53. The highest BCUT2D eigenvalue weighted by Gasteiger charge is 2.59. The predicted octanol–water partition coefficient (Wildman–Crippen LogP) is 3.78. The van der Waals surface area contributed by atoms with Crippen LogP contribution in [-0.2, 0) is 14.2 Å². The fourth-order valence-corrected chi connectivity index (χ4v) is 6.53. The molecule has 2 saturated heterocycles. The molecule has 0 aromatic heterocycles. The monoisotopic (exact) mass is 437 g/mol. The van der Waals surface area contributed by atoms with Crippen LogP contribution < -0.4 is 0 Å². The smallest absolute Gasteiger partial charge is 0.487 e. The average molecular weight is 437 g/mol. The Morgan fingerprint density at radius 2 is 1.72 bits per heavy atom. The maximum Gasteiger partial charge on any atom is 0.487 e. The first-order valence-corrected chi connectivity index (χ1v) is 12.1. The first-order valence-electron chi connectivity index (χ1n) is 12.1. The third-order valence-corrected chi connectivity index (χ3v) is 8.08. The summed E-state index contributed by atoms with van der Waals surface area (Å²) >= 11 is 0. The molecule has 4 atom stereocenters. The quantitative estimate of drug-likeness (QED) is 0.555. The summed E-state index contributed by atoms with van der Waals surface area (Å²) in [5.74, 6) is -0.670. The van der Waals surface area contributed by atoms with Gasteiger partial charge in [-0.25, -0.2) is 0 Å². The van der Waals surface area contributed by atoms with Crippen molar-refractivity contribution in [2.45, 2.75) is 70.9 Å². The van der Waals surface area contributed by atoms with E-state index in [1.807, 2.05) is 0 Å². The number of hydrogen-bond donors (Lipinski definition) is 2. The van der Waals surface area contributed by atoms with E-state index >= 15 is 0 Å². The van der Waals surface area contributed by atoms with E-state index in [0.29, 0.717) is 12.8 Å². The van der Waals surface area contributed by atoms with Gasteiger partial charge in [-0.15, -0.1) is 0 Å². The zero-order valence-corrected chi connectivity index (χ0v) is 18.9. The van der Waals surface area contributed by atoms with Crippen molar-refractivity contribution < 1.29 is 24.4 Å². The zero-order chi connectivity index (χ0) is 22.6. The van der Waals surface area contributed by atoms with E-state index in [2.05, 4.69) is 13.8 Å². The number of aromatic hydroxyl groups is 1. The summed E-state index contributed by atoms with van der Waals surface area (Å²) in [4.78, 5) is 28.8. The number of amides is 2. The second-order valence-corrected chi connectivity index (χ2v) is 10.2. The topological polar surface area (TPSA) is 87.1 Å². The van der Waals surface area contributed by atoms with Gasteiger partial charge in [0.15, 0.2) is 0 Å². The number of imide groups is 1. The second kappa shape index (κ2) is 8.34. The Morgan fingerprint density at radius 1 is 1.03 bits per heavy atom. The summed E-state index contributed by atoms with van der Waals surface area (Å²) in [6.45, 7) is 4.16. The lowest BCUT2D eigenvalue weighted by molar-refractivity contribution is -0.143. The Labute approximate surface area is 189 Å². The molecule has 2 aliphatic heterocycles. The minimum absolute atomic E-state index is 0.00809. The number of phenolic OH excluding ortho intramolecular Hbond substituents is 1. The van der Waals surface area contributed by atoms with Crippen molar-refractivity contribution in [2.75, 3.05) is 0 Å². The number of hydrogen-bond acceptors (Lipinski definition) is 5. The molecule has 2 N–H and O–H groups in total. The van der Waals surface area contributed by atoms with Crippen LogP contribution in [0.2, 0.25) is 0 Å². The van der Waals surface area contributed by atoms with Gasteiger partial charge < -0.3 is 14.8 Å². The number of allylic oxidation sites excluding steroid dienone is 2. The van der Waals surface area contributed by atoms with Crippen molar-refractivity contribution in [3.8, 4) is 5.75 Å². The highest BCUT2D eigenvalue weighted by atomic mass is 16.5. The molecule has 0 spiro atoms. The lowest BCUT2D eigenvalue weighted by Crippen LogP contribution is -2.46. The molecular formula is C25H32BNO5. The molecule has 32 heavy (non-hydrogen) atoms. The summed E-state index contributed by atoms with van der Waals surface area (Å²) in [6.07, 6.45) is 5.80. The van der Waals surface area contributed by atoms with Gasteiger partial charge in [0.05, 0.1) is 17.9 Å². The minimum atomic E-state index is -1.09. The summed E-state index contributed by atoms with van der Waals surface area (Å²) in [5.41, 5.74) is 2.75. The third kappa shape index (κ3) is 3.50. The predicted molar refractivity (Wildman–Crippen MR) is 120 cm³/mol. The van der Waals surface area contributed by atoms with E-state index in [4.69, 9.17) is 4.65 Å². The van der Waals surface area contributed by atoms with E-state index in [1.54, 1.807) is 29.2 Å². The van der Waals surface area contributed by atoms with Crippen molar-refractivity contribution >= 4 is 18.9 Å². The SMILES string of the molecule is CC(C)C1=C2B(O)O[C@H](c3ccc(O)cc3)C[C@H]2[C@H]2C(=O)N(C3CCCCC3)C(=O)[C@H]2C1. The standard InChI is InChI=1S/C25H32BNO5/c1-14(2)18-12-20-22(25(30)27(24(20)29)16-6-4-3-5-7-16)19-13-21(32-26(31)23(18)19)15-8-10-17(28)11-9-15/h8-11,14,16,19-22,28,31H,3-7,12-13H2,1-2H3/t19-,20-,21-,22+/m0/s1. The Bertz CT molecular complexity index is 936. The van der Waals surface area contributed by atoms with Crippen LogP contribution in [-0.4, -0.2) is 40.0 Å². The summed E-state index contributed by atoms with van der Waals surface area (Å²) < 4.78 is 6.02. The van der Waals surface area contributed by atoms with Crippen LogP contribution in [0, 0.1) is 23.7 Å². The van der Waals surface area contributed by atoms with Crippen LogP contribution >= 0.6 is 0 Å². The van der Waals surface area contributed by atoms with Crippen LogP contribution in [0.3, 0.4) is 0 Å². The number of benzene rings is 1. The third-order valence-electron chi connectivity index (χ3n) is 8.08. The summed E-state index contributed by atoms with van der Waals surface area (Å²) in [5, 5.41) is 20.7. The molecule has 2 amide bonds. The van der Waals surface area contributed by atoms with Gasteiger partial charge in [0.25, 0.3) is 0 Å². The molecule has 1 saturated carbocycles. The summed E-state index contributed by atoms with van der Waals surface area (Å²) in [6, 6.07) is 6.82. The molecule has 3 fully saturated rings. The average Bonchev–Trinajstić information content (AvgIpc) is 3.04. The van der Waals surface area contributed by atoms with Gasteiger partial charge in [0.2, 0.25) is 11.8 Å². The maximum atomic E-state index is 13.7. The first-order chi connectivity index (χ1) is 15.4. The van der Waals surface area contributed by atoms with Crippen LogP contribution in [0.15, 0.2) is 35.3 Å². The Kier molecular flexibility index (Phi) is 5.66. The largest absolute Gasteiger partial charge is 0.508 e. The number of rotatable bonds is 3. The molecule has 5 rings (SSSR count). The molecule has 0 bridgehead atoms. The molecule has 0 radical (unpaired) electrons. The second-order valence-electron chi connectivity index (χ2n) is 10.2. The van der Waals surface area contributed by atoms with Gasteiger partial charge in [0, 0.05) is 6.04 Å². The molecule has 4 aliphatic rings. The Morgan fingerprint density at radius 3 is 2.38 bits per heavy atom. The zero-order valence-electron chi connectivity index (χ0n) is 18.9. The van der Waals surface area contributed by atoms with Gasteiger partial charge in [-0.2, -0.15) is 0 Å². The number of phenols is 1. The van der Waals surface area contributed by atoms with Crippen molar-refractivity contribution in [2.24, 2.45) is 23.7 Å². The van der Waals surface area contributed by atoms with E-state index in [0.717, 1.165) is 42.3 Å². The molecule has 170 valence electrons. The minimum Gasteiger partial charge on any atom is -0.508 e. The van der Waals surface area contributed by atoms with Gasteiger partial charge in [0.1, 0.15) is 5.75 Å². The lowest BCUT2D eigenvalue weighted by atomic mass is 9.54. The van der Waals surface area contributed by atoms with Crippen LogP contribution in [0.1, 0.15) is 70.5 Å². The molecule has 2 aliphatic carbocycles. The number of fused-ring (bicyclic) bond motifs is 3. The fraction of sp³-hybridized carbons (Fsp3) is 0.600. The van der Waals surface area contributed by atoms with E-state index < -0.39 is 19.1 Å². The number of nitrogens with zero attached hydrogens (tertiary/aromatic N) is 1. The van der Waals surface area contributed by atoms with Gasteiger partial charge >= 0.3 is 7.12 Å². The normalized spacial score (nSPS) is 31.4. The molecular weight excluding hydrogens is 405 g/mol. The molecule has 1 aromatic carbocycles. The molecule has 2 heterocycles. The Hall–Kier alpha value is -2.12. The maximum absolute atomic E-state index is 13.7. The number of likely N-dealkylation sites (tertiary alicyclic amines) is 1. The van der Waals surface area contributed by atoms with Crippen LogP contribution in [0.4, 0.5) is 0 Å². The van der Waals surface area contributed by atoms with Crippen molar-refractivity contribution in [1.82, 2.24) is 4.90 Å². The van der Waals surface area contributed by atoms with Gasteiger partial charge in [-0.05, 0) is 60.7 Å². The molecule has 0 unspecified atom stereocenters. The summed E-state index contributed by atoms with van der Waals surface area (Å²) in [7, 11) is -1.09. The number of carbonyl (C=O) groups is 2. The van der Waals surface area contributed by atoms with Crippen molar-refractivity contribution in [1.29, 1.82) is 0 Å². The van der Waals surface area contributed by atoms with Crippen molar-refractivity contribution in [3.05, 3.63) is 40.9 Å². The van der Waals surface area contributed by atoms with E-state index in [1.165, 1.54) is 6.42 Å². The van der Waals surface area contributed by atoms with Crippen LogP contribution in [0.5, 0.6) is 5.75 Å². The first kappa shape index (κ1) is 21.7. The fourth-order valence-electron chi connectivity index (χ4n) is 6.53. The molecule has 7 heteroatoms. The van der Waals surface area contributed by atoms with E-state index in [-0.39, 0.29) is 41.4 Å². The number of carbonyl (C=O) groups excluding carboxylic acids is 2.